The van der Waals surface area contributed by atoms with Gasteiger partial charge in [-0.25, -0.2) is 13.1 Å². The normalized spacial score (nSPS) is 12.2. The molecule has 0 aliphatic carbocycles. The first-order valence-electron chi connectivity index (χ1n) is 8.96. The number of rotatable bonds is 9. The van der Waals surface area contributed by atoms with Crippen molar-refractivity contribution in [1.82, 2.24) is 14.9 Å². The zero-order valence-corrected chi connectivity index (χ0v) is 18.9. The van der Waals surface area contributed by atoms with Crippen molar-refractivity contribution in [2.24, 2.45) is 0 Å². The van der Waals surface area contributed by atoms with Crippen LogP contribution in [-0.2, 0) is 10.0 Å². The van der Waals surface area contributed by atoms with Gasteiger partial charge in [0.1, 0.15) is 18.1 Å². The number of anilines is 1. The molecule has 0 fully saturated rings. The fraction of sp³-hybridized carbons (Fsp3) is 0.211. The molecule has 1 aromatic heterocycles. The molecule has 3 aromatic rings. The molecule has 12 heteroatoms. The van der Waals surface area contributed by atoms with E-state index in [1.165, 1.54) is 0 Å². The van der Waals surface area contributed by atoms with E-state index in [0.29, 0.717) is 22.1 Å². The maximum Gasteiger partial charge on any atom is 0.270 e. The highest BCUT2D eigenvalue weighted by atomic mass is 35.5. The summed E-state index contributed by atoms with van der Waals surface area (Å²) in [6.45, 7) is 1.76. The number of amides is 1. The zero-order chi connectivity index (χ0) is 22.4. The SMILES string of the molecule is COc1ccc(OC[C@H](C)NS(=O)(=O)c2nnc(NC(=O)c3ccc(Cl)cc3)s2)cc1. The standard InChI is InChI=1S/C19H19ClN4O5S2/c1-12(11-29-16-9-7-15(28-2)8-10-16)24-31(26,27)19-23-22-18(30-19)21-17(25)13-3-5-14(20)6-4-13/h3-10,12,24H,11H2,1-2H3,(H,21,22,25)/t12-/m0/s1. The Kier molecular flexibility index (Phi) is 7.44. The van der Waals surface area contributed by atoms with Gasteiger partial charge in [-0.2, -0.15) is 0 Å². The molecule has 0 unspecified atom stereocenters. The van der Waals surface area contributed by atoms with Gasteiger partial charge >= 0.3 is 0 Å². The summed E-state index contributed by atoms with van der Waals surface area (Å²) in [6.07, 6.45) is 0. The van der Waals surface area contributed by atoms with Gasteiger partial charge in [-0.15, -0.1) is 10.2 Å². The molecule has 0 spiro atoms. The Morgan fingerprint density at radius 2 is 1.74 bits per heavy atom. The van der Waals surface area contributed by atoms with Crippen molar-refractivity contribution in [1.29, 1.82) is 0 Å². The van der Waals surface area contributed by atoms with Crippen LogP contribution in [0.15, 0.2) is 52.9 Å². The molecule has 1 amide bonds. The predicted octanol–water partition coefficient (Wildman–Crippen LogP) is 3.20. The molecular weight excluding hydrogens is 464 g/mol. The van der Waals surface area contributed by atoms with E-state index in [9.17, 15) is 13.2 Å². The van der Waals surface area contributed by atoms with Crippen LogP contribution in [0.25, 0.3) is 0 Å². The van der Waals surface area contributed by atoms with Crippen LogP contribution in [-0.4, -0.2) is 44.3 Å². The first-order chi connectivity index (χ1) is 14.8. The minimum Gasteiger partial charge on any atom is -0.497 e. The van der Waals surface area contributed by atoms with Crippen LogP contribution >= 0.6 is 22.9 Å². The maximum absolute atomic E-state index is 12.5. The molecule has 1 heterocycles. The van der Waals surface area contributed by atoms with E-state index in [1.807, 2.05) is 0 Å². The number of nitrogens with one attached hydrogen (secondary N) is 2. The summed E-state index contributed by atoms with van der Waals surface area (Å²) in [5.41, 5.74) is 0.353. The number of benzene rings is 2. The highest BCUT2D eigenvalue weighted by Crippen LogP contribution is 2.21. The lowest BCUT2D eigenvalue weighted by atomic mass is 10.2. The molecule has 0 saturated heterocycles. The molecular formula is C19H19ClN4O5S2. The number of halogens is 1. The molecule has 164 valence electrons. The van der Waals surface area contributed by atoms with E-state index >= 15 is 0 Å². The summed E-state index contributed by atoms with van der Waals surface area (Å²) in [5.74, 6) is 0.817. The minimum atomic E-state index is -3.93. The third-order valence-electron chi connectivity index (χ3n) is 3.88. The van der Waals surface area contributed by atoms with Crippen LogP contribution in [0, 0.1) is 0 Å². The van der Waals surface area contributed by atoms with Gasteiger partial charge < -0.3 is 9.47 Å². The zero-order valence-electron chi connectivity index (χ0n) is 16.5. The first-order valence-corrected chi connectivity index (χ1v) is 11.6. The summed E-state index contributed by atoms with van der Waals surface area (Å²) in [4.78, 5) is 12.2. The van der Waals surface area contributed by atoms with Crippen molar-refractivity contribution >= 4 is 44.0 Å². The molecule has 0 aliphatic heterocycles. The van der Waals surface area contributed by atoms with Gasteiger partial charge in [0.05, 0.1) is 13.2 Å². The average molecular weight is 483 g/mol. The van der Waals surface area contributed by atoms with Crippen LogP contribution in [0.3, 0.4) is 0 Å². The Morgan fingerprint density at radius 1 is 1.10 bits per heavy atom. The molecule has 9 nitrogen and oxygen atoms in total. The second-order valence-corrected chi connectivity index (χ2v) is 9.64. The molecule has 2 aromatic carbocycles. The Morgan fingerprint density at radius 3 is 2.39 bits per heavy atom. The maximum atomic E-state index is 12.5. The predicted molar refractivity (Wildman–Crippen MR) is 118 cm³/mol. The van der Waals surface area contributed by atoms with Crippen molar-refractivity contribution in [3.05, 3.63) is 59.1 Å². The summed E-state index contributed by atoms with van der Waals surface area (Å²) in [5, 5.41) is 10.5. The Labute approximate surface area is 188 Å². The molecule has 1 atom stereocenters. The number of nitrogens with zero attached hydrogens (tertiary/aromatic N) is 2. The van der Waals surface area contributed by atoms with Gasteiger partial charge in [0, 0.05) is 10.6 Å². The van der Waals surface area contributed by atoms with E-state index in [2.05, 4.69) is 20.2 Å². The van der Waals surface area contributed by atoms with Gasteiger partial charge in [-0.1, -0.05) is 22.9 Å². The Hall–Kier alpha value is -2.73. The monoisotopic (exact) mass is 482 g/mol. The smallest absolute Gasteiger partial charge is 0.270 e. The van der Waals surface area contributed by atoms with E-state index in [-0.39, 0.29) is 16.1 Å². The van der Waals surface area contributed by atoms with Crippen molar-refractivity contribution < 1.29 is 22.7 Å². The van der Waals surface area contributed by atoms with Gasteiger partial charge in [0.25, 0.3) is 15.9 Å². The first kappa shape index (κ1) is 22.9. The lowest BCUT2D eigenvalue weighted by Crippen LogP contribution is -2.36. The Balaban J connectivity index is 1.56. The number of sulfonamides is 1. The lowest BCUT2D eigenvalue weighted by molar-refractivity contribution is 0.102. The van der Waals surface area contributed by atoms with Gasteiger partial charge in [-0.3, -0.25) is 10.1 Å². The van der Waals surface area contributed by atoms with Crippen LogP contribution in [0.2, 0.25) is 5.02 Å². The number of ether oxygens (including phenoxy) is 2. The van der Waals surface area contributed by atoms with Crippen molar-refractivity contribution in [2.75, 3.05) is 19.0 Å². The molecule has 0 aliphatic rings. The number of hydrogen-bond donors (Lipinski definition) is 2. The van der Waals surface area contributed by atoms with Crippen LogP contribution < -0.4 is 19.5 Å². The number of carbonyl (C=O) groups excluding carboxylic acids is 1. The molecule has 31 heavy (non-hydrogen) atoms. The second-order valence-electron chi connectivity index (χ2n) is 6.34. The van der Waals surface area contributed by atoms with Gasteiger partial charge in [0.15, 0.2) is 0 Å². The van der Waals surface area contributed by atoms with Gasteiger partial charge in [0.2, 0.25) is 9.47 Å². The summed E-state index contributed by atoms with van der Waals surface area (Å²) >= 11 is 6.54. The van der Waals surface area contributed by atoms with Crippen LogP contribution in [0.5, 0.6) is 11.5 Å². The van der Waals surface area contributed by atoms with Crippen LogP contribution in [0.4, 0.5) is 5.13 Å². The fourth-order valence-electron chi connectivity index (χ4n) is 2.38. The number of aromatic nitrogens is 2. The average Bonchev–Trinajstić information content (AvgIpc) is 3.22. The van der Waals surface area contributed by atoms with Crippen molar-refractivity contribution in [2.45, 2.75) is 17.3 Å². The topological polar surface area (TPSA) is 120 Å². The van der Waals surface area contributed by atoms with Crippen molar-refractivity contribution in [3.8, 4) is 11.5 Å². The summed E-state index contributed by atoms with van der Waals surface area (Å²) < 4.78 is 37.9. The molecule has 2 N–H and O–H groups in total. The Bertz CT molecular complexity index is 1130. The molecule has 0 saturated carbocycles. The highest BCUT2D eigenvalue weighted by molar-refractivity contribution is 7.91. The fourth-order valence-corrected chi connectivity index (χ4v) is 4.65. The highest BCUT2D eigenvalue weighted by Gasteiger charge is 2.23. The largest absolute Gasteiger partial charge is 0.497 e. The van der Waals surface area contributed by atoms with Gasteiger partial charge in [-0.05, 0) is 55.5 Å². The molecule has 0 radical (unpaired) electrons. The quantitative estimate of drug-likeness (QED) is 0.449. The molecule has 0 bridgehead atoms. The van der Waals surface area contributed by atoms with E-state index < -0.39 is 22.0 Å². The van der Waals surface area contributed by atoms with Crippen LogP contribution in [0.1, 0.15) is 17.3 Å². The van der Waals surface area contributed by atoms with E-state index in [1.54, 1.807) is 62.6 Å². The third-order valence-corrected chi connectivity index (χ3v) is 6.93. The number of carbonyl (C=O) groups is 1. The van der Waals surface area contributed by atoms with E-state index in [4.69, 9.17) is 21.1 Å². The van der Waals surface area contributed by atoms with Crippen molar-refractivity contribution in [3.63, 3.8) is 0 Å². The van der Waals surface area contributed by atoms with E-state index in [0.717, 1.165) is 11.3 Å². The molecule has 3 rings (SSSR count). The lowest BCUT2D eigenvalue weighted by Gasteiger charge is -2.14. The number of hydrogen-bond acceptors (Lipinski definition) is 8. The summed E-state index contributed by atoms with van der Waals surface area (Å²) in [6, 6.07) is 12.6. The third kappa shape index (κ3) is 6.37. The summed E-state index contributed by atoms with van der Waals surface area (Å²) in [7, 11) is -2.37. The second kappa shape index (κ2) is 10.1. The minimum absolute atomic E-state index is 0.0578. The number of methoxy groups -OCH3 is 1.